The van der Waals surface area contributed by atoms with Crippen LogP contribution in [-0.2, 0) is 20.8 Å². The average molecular weight is 379 g/mol. The molecule has 1 unspecified atom stereocenters. The molecule has 2 aromatic heterocycles. The van der Waals surface area contributed by atoms with Crippen molar-refractivity contribution in [2.75, 3.05) is 13.1 Å². The van der Waals surface area contributed by atoms with Crippen LogP contribution >= 0.6 is 11.3 Å². The third kappa shape index (κ3) is 4.92. The molecule has 0 aliphatic carbocycles. The summed E-state index contributed by atoms with van der Waals surface area (Å²) < 4.78 is 5.61. The number of carboxylic acid groups (broad SMARTS) is 1. The van der Waals surface area contributed by atoms with E-state index < -0.39 is 17.9 Å². The molecule has 140 valence electrons. The van der Waals surface area contributed by atoms with Crippen LogP contribution in [0.1, 0.15) is 25.3 Å². The second-order valence-electron chi connectivity index (χ2n) is 5.80. The first-order valence-corrected chi connectivity index (χ1v) is 8.99. The molecule has 0 aliphatic heterocycles. The topological polar surface area (TPSA) is 113 Å². The lowest BCUT2D eigenvalue weighted by atomic mass is 10.2. The number of carbonyl (C=O) groups excluding carboxylic acids is 2. The number of hydrogen-bond donors (Lipinski definition) is 2. The minimum atomic E-state index is -1.11. The molecule has 9 heteroatoms. The molecule has 0 aliphatic rings. The highest BCUT2D eigenvalue weighted by Gasteiger charge is 2.27. The number of aryl methyl sites for hydroxylation is 1. The number of amides is 2. The van der Waals surface area contributed by atoms with Gasteiger partial charge >= 0.3 is 5.97 Å². The first-order valence-electron chi connectivity index (χ1n) is 8.05. The van der Waals surface area contributed by atoms with Gasteiger partial charge in [0.25, 0.3) is 0 Å². The molecular formula is C17H21N3O5S. The largest absolute Gasteiger partial charge is 0.480 e. The quantitative estimate of drug-likeness (QED) is 0.722. The maximum Gasteiger partial charge on any atom is 0.326 e. The van der Waals surface area contributed by atoms with Crippen LogP contribution in [0.15, 0.2) is 21.2 Å². The first-order chi connectivity index (χ1) is 12.3. The average Bonchev–Trinajstić information content (AvgIpc) is 3.21. The van der Waals surface area contributed by atoms with Crippen molar-refractivity contribution in [1.82, 2.24) is 15.2 Å². The van der Waals surface area contributed by atoms with E-state index >= 15 is 0 Å². The maximum absolute atomic E-state index is 12.7. The Kier molecular flexibility index (Phi) is 6.51. The Hall–Kier alpha value is -2.68. The Bertz CT molecular complexity index is 784. The van der Waals surface area contributed by atoms with Gasteiger partial charge in [-0.15, -0.1) is 0 Å². The fourth-order valence-electron chi connectivity index (χ4n) is 2.37. The summed E-state index contributed by atoms with van der Waals surface area (Å²) in [5.41, 5.74) is 1.30. The number of nitrogens with one attached hydrogen (secondary N) is 1. The van der Waals surface area contributed by atoms with Gasteiger partial charge in [-0.2, -0.15) is 11.3 Å². The van der Waals surface area contributed by atoms with E-state index in [2.05, 4.69) is 10.3 Å². The van der Waals surface area contributed by atoms with Crippen LogP contribution in [-0.4, -0.2) is 51.9 Å². The van der Waals surface area contributed by atoms with Gasteiger partial charge in [-0.05, 0) is 25.3 Å². The van der Waals surface area contributed by atoms with Crippen molar-refractivity contribution >= 4 is 29.1 Å². The van der Waals surface area contributed by atoms with E-state index in [0.29, 0.717) is 17.3 Å². The fourth-order valence-corrected chi connectivity index (χ4v) is 3.00. The Morgan fingerprint density at radius 2 is 2.15 bits per heavy atom. The zero-order chi connectivity index (χ0) is 19.3. The van der Waals surface area contributed by atoms with E-state index in [0.717, 1.165) is 5.56 Å². The minimum Gasteiger partial charge on any atom is -0.480 e. The number of nitrogens with zero attached hydrogens (tertiary/aromatic N) is 2. The van der Waals surface area contributed by atoms with Crippen molar-refractivity contribution in [2.45, 2.75) is 33.2 Å². The molecule has 0 spiro atoms. The lowest BCUT2D eigenvalue weighted by Gasteiger charge is -2.26. The van der Waals surface area contributed by atoms with Crippen LogP contribution in [0.4, 0.5) is 0 Å². The maximum atomic E-state index is 12.7. The number of hydrogen-bond acceptors (Lipinski definition) is 6. The predicted molar refractivity (Wildman–Crippen MR) is 95.8 cm³/mol. The van der Waals surface area contributed by atoms with Crippen LogP contribution in [0.5, 0.6) is 0 Å². The molecule has 2 heterocycles. The molecule has 1 atom stereocenters. The van der Waals surface area contributed by atoms with Crippen molar-refractivity contribution in [2.24, 2.45) is 0 Å². The van der Waals surface area contributed by atoms with Gasteiger partial charge in [0.1, 0.15) is 11.8 Å². The Morgan fingerprint density at radius 1 is 1.42 bits per heavy atom. The molecule has 2 N–H and O–H groups in total. The zero-order valence-corrected chi connectivity index (χ0v) is 15.6. The second kappa shape index (κ2) is 8.61. The van der Waals surface area contributed by atoms with E-state index in [-0.39, 0.29) is 25.4 Å². The van der Waals surface area contributed by atoms with E-state index in [4.69, 9.17) is 4.42 Å². The van der Waals surface area contributed by atoms with E-state index in [1.807, 2.05) is 16.8 Å². The number of carbonyl (C=O) groups is 3. The minimum absolute atomic E-state index is 0.0723. The first kappa shape index (κ1) is 19.6. The van der Waals surface area contributed by atoms with Gasteiger partial charge < -0.3 is 19.7 Å². The molecule has 26 heavy (non-hydrogen) atoms. The van der Waals surface area contributed by atoms with Crippen molar-refractivity contribution in [3.63, 3.8) is 0 Å². The van der Waals surface area contributed by atoms with Crippen LogP contribution in [0.25, 0.3) is 11.5 Å². The van der Waals surface area contributed by atoms with Gasteiger partial charge in [0.15, 0.2) is 0 Å². The number of thiophene rings is 1. The predicted octanol–water partition coefficient (Wildman–Crippen LogP) is 1.69. The standard InChI is InChI=1S/C17H21N3O5S/c1-10(17(23)24)20(6-5-18-12(3)21)15(22)8-14-11(2)25-16(19-14)13-4-7-26-9-13/h4,7,9-10H,5-6,8H2,1-3H3,(H,18,21)(H,23,24). The summed E-state index contributed by atoms with van der Waals surface area (Å²) in [5.74, 6) is -0.796. The summed E-state index contributed by atoms with van der Waals surface area (Å²) in [7, 11) is 0. The van der Waals surface area contributed by atoms with Crippen molar-refractivity contribution in [3.8, 4) is 11.5 Å². The number of carboxylic acids is 1. The molecule has 0 saturated heterocycles. The molecule has 2 rings (SSSR count). The fraction of sp³-hybridized carbons (Fsp3) is 0.412. The molecule has 2 amide bonds. The van der Waals surface area contributed by atoms with Gasteiger partial charge in [0.05, 0.1) is 12.1 Å². The molecule has 2 aromatic rings. The molecule has 0 bridgehead atoms. The van der Waals surface area contributed by atoms with Gasteiger partial charge in [-0.25, -0.2) is 9.78 Å². The number of oxazole rings is 1. The molecule has 0 aromatic carbocycles. The van der Waals surface area contributed by atoms with Gasteiger partial charge in [0, 0.05) is 31.0 Å². The van der Waals surface area contributed by atoms with Crippen molar-refractivity contribution < 1.29 is 23.9 Å². The molecule has 0 radical (unpaired) electrons. The summed E-state index contributed by atoms with van der Waals surface area (Å²) in [6.07, 6.45) is -0.0723. The summed E-state index contributed by atoms with van der Waals surface area (Å²) >= 11 is 1.51. The van der Waals surface area contributed by atoms with Gasteiger partial charge in [-0.3, -0.25) is 9.59 Å². The summed E-state index contributed by atoms with van der Waals surface area (Å²) in [5, 5.41) is 15.6. The van der Waals surface area contributed by atoms with Crippen molar-refractivity contribution in [3.05, 3.63) is 28.3 Å². The third-order valence-electron chi connectivity index (χ3n) is 3.85. The highest BCUT2D eigenvalue weighted by atomic mass is 32.1. The lowest BCUT2D eigenvalue weighted by molar-refractivity contribution is -0.149. The third-order valence-corrected chi connectivity index (χ3v) is 4.53. The smallest absolute Gasteiger partial charge is 0.326 e. The SMILES string of the molecule is CC(=O)NCCN(C(=O)Cc1nc(-c2ccsc2)oc1C)C(C)C(=O)O. The van der Waals surface area contributed by atoms with Crippen LogP contribution in [0, 0.1) is 6.92 Å². The van der Waals surface area contributed by atoms with E-state index in [1.54, 1.807) is 6.92 Å². The monoisotopic (exact) mass is 379 g/mol. The van der Waals surface area contributed by atoms with E-state index in [1.165, 1.54) is 30.1 Å². The van der Waals surface area contributed by atoms with Gasteiger partial charge in [0.2, 0.25) is 17.7 Å². The molecule has 0 saturated carbocycles. The Balaban J connectivity index is 2.12. The van der Waals surface area contributed by atoms with Crippen LogP contribution in [0.2, 0.25) is 0 Å². The Morgan fingerprint density at radius 3 is 2.73 bits per heavy atom. The second-order valence-corrected chi connectivity index (χ2v) is 6.58. The zero-order valence-electron chi connectivity index (χ0n) is 14.8. The summed E-state index contributed by atoms with van der Waals surface area (Å²) in [6.45, 7) is 4.78. The summed E-state index contributed by atoms with van der Waals surface area (Å²) in [4.78, 5) is 40.5. The Labute approximate surface area is 154 Å². The van der Waals surface area contributed by atoms with Crippen LogP contribution < -0.4 is 5.32 Å². The number of aromatic nitrogens is 1. The van der Waals surface area contributed by atoms with E-state index in [9.17, 15) is 19.5 Å². The molecule has 8 nitrogen and oxygen atoms in total. The molecular weight excluding hydrogens is 358 g/mol. The normalized spacial score (nSPS) is 11.8. The lowest BCUT2D eigenvalue weighted by Crippen LogP contribution is -2.47. The highest BCUT2D eigenvalue weighted by Crippen LogP contribution is 2.24. The number of rotatable bonds is 8. The van der Waals surface area contributed by atoms with Crippen molar-refractivity contribution in [1.29, 1.82) is 0 Å². The van der Waals surface area contributed by atoms with Gasteiger partial charge in [-0.1, -0.05) is 0 Å². The summed E-state index contributed by atoms with van der Waals surface area (Å²) in [6, 6.07) is 0.855. The van der Waals surface area contributed by atoms with Crippen LogP contribution in [0.3, 0.4) is 0 Å². The number of aliphatic carboxylic acids is 1. The molecule has 0 fully saturated rings. The highest BCUT2D eigenvalue weighted by molar-refractivity contribution is 7.08.